The zero-order chi connectivity index (χ0) is 21.6. The lowest BCUT2D eigenvalue weighted by molar-refractivity contribution is 0.0697. The van der Waals surface area contributed by atoms with Crippen LogP contribution < -0.4 is 0 Å². The van der Waals surface area contributed by atoms with Crippen LogP contribution in [0.15, 0.2) is 78.9 Å². The van der Waals surface area contributed by atoms with E-state index in [-0.39, 0.29) is 0 Å². The Balaban J connectivity index is 1.62. The van der Waals surface area contributed by atoms with Gasteiger partial charge in [-0.3, -0.25) is 0 Å². The molecule has 0 fully saturated rings. The number of hydrogen-bond donors (Lipinski definition) is 1. The zero-order valence-corrected chi connectivity index (χ0v) is 17.1. The highest BCUT2D eigenvalue weighted by Crippen LogP contribution is 2.24. The summed E-state index contributed by atoms with van der Waals surface area (Å²) in [5.74, 6) is 6.55. The van der Waals surface area contributed by atoms with Crippen LogP contribution in [0.5, 0.6) is 0 Å². The third kappa shape index (κ3) is 4.54. The minimum absolute atomic E-state index is 0.291. The number of carboxylic acids is 1. The van der Waals surface area contributed by atoms with Gasteiger partial charge in [-0.15, -0.1) is 5.92 Å². The number of nitrogens with zero attached hydrogens (tertiary/aromatic N) is 3. The number of carboxylic acid groups (broad SMARTS) is 1. The minimum Gasteiger partial charge on any atom is -0.478 e. The van der Waals surface area contributed by atoms with Crippen molar-refractivity contribution < 1.29 is 9.90 Å². The molecule has 0 aliphatic heterocycles. The highest BCUT2D eigenvalue weighted by atomic mass is 16.4. The van der Waals surface area contributed by atoms with E-state index in [0.29, 0.717) is 29.9 Å². The Bertz CT molecular complexity index is 1260. The van der Waals surface area contributed by atoms with Crippen LogP contribution in [0.2, 0.25) is 0 Å². The molecule has 1 aromatic heterocycles. The summed E-state index contributed by atoms with van der Waals surface area (Å²) in [6.45, 7) is 2.37. The Hall–Kier alpha value is -4.17. The zero-order valence-electron chi connectivity index (χ0n) is 17.1. The maximum absolute atomic E-state index is 11.5. The maximum Gasteiger partial charge on any atom is 0.336 e. The maximum atomic E-state index is 11.5. The van der Waals surface area contributed by atoms with Gasteiger partial charge in [-0.1, -0.05) is 78.7 Å². The van der Waals surface area contributed by atoms with Gasteiger partial charge in [0.2, 0.25) is 0 Å². The lowest BCUT2D eigenvalue weighted by Gasteiger charge is -2.08. The first-order valence-electron chi connectivity index (χ1n) is 9.96. The van der Waals surface area contributed by atoms with Crippen molar-refractivity contribution in [3.8, 4) is 34.4 Å². The molecule has 0 bridgehead atoms. The molecule has 31 heavy (non-hydrogen) atoms. The Morgan fingerprint density at radius 3 is 2.35 bits per heavy atom. The predicted molar refractivity (Wildman–Crippen MR) is 121 cm³/mol. The smallest absolute Gasteiger partial charge is 0.336 e. The van der Waals surface area contributed by atoms with Crippen molar-refractivity contribution in [2.24, 2.45) is 0 Å². The van der Waals surface area contributed by atoms with E-state index in [9.17, 15) is 9.90 Å². The summed E-state index contributed by atoms with van der Waals surface area (Å²) < 4.78 is 1.88. The van der Waals surface area contributed by atoms with Gasteiger partial charge in [-0.05, 0) is 29.7 Å². The summed E-state index contributed by atoms with van der Waals surface area (Å²) in [5, 5.41) is 14.2. The summed E-state index contributed by atoms with van der Waals surface area (Å²) in [6, 6.07) is 24.8. The van der Waals surface area contributed by atoms with Crippen LogP contribution in [0.1, 0.15) is 28.7 Å². The van der Waals surface area contributed by atoms with Crippen LogP contribution >= 0.6 is 0 Å². The van der Waals surface area contributed by atoms with Crippen LogP contribution in [-0.4, -0.2) is 25.8 Å². The van der Waals surface area contributed by atoms with Crippen molar-refractivity contribution in [2.45, 2.75) is 19.9 Å². The van der Waals surface area contributed by atoms with Gasteiger partial charge in [0.25, 0.3) is 0 Å². The van der Waals surface area contributed by atoms with Crippen molar-refractivity contribution in [1.29, 1.82) is 0 Å². The molecule has 152 valence electrons. The third-order valence-electron chi connectivity index (χ3n) is 4.96. The fourth-order valence-electron chi connectivity index (χ4n) is 3.39. The molecule has 3 aromatic carbocycles. The van der Waals surface area contributed by atoms with E-state index in [2.05, 4.69) is 11.8 Å². The van der Waals surface area contributed by atoms with E-state index in [1.165, 1.54) is 0 Å². The second-order valence-corrected chi connectivity index (χ2v) is 7.03. The van der Waals surface area contributed by atoms with Gasteiger partial charge in [0, 0.05) is 5.56 Å². The van der Waals surface area contributed by atoms with Crippen LogP contribution in [0.25, 0.3) is 22.5 Å². The summed E-state index contributed by atoms with van der Waals surface area (Å²) in [4.78, 5) is 16.2. The Morgan fingerprint density at radius 1 is 0.935 bits per heavy atom. The highest BCUT2D eigenvalue weighted by Gasteiger charge is 2.13. The van der Waals surface area contributed by atoms with E-state index >= 15 is 0 Å². The first-order valence-corrected chi connectivity index (χ1v) is 9.96. The van der Waals surface area contributed by atoms with Gasteiger partial charge in [0.1, 0.15) is 5.82 Å². The third-order valence-corrected chi connectivity index (χ3v) is 4.96. The first-order chi connectivity index (χ1) is 15.2. The topological polar surface area (TPSA) is 68.0 Å². The molecule has 5 nitrogen and oxygen atoms in total. The molecule has 1 N–H and O–H groups in total. The molecule has 0 unspecified atom stereocenters. The quantitative estimate of drug-likeness (QED) is 0.461. The van der Waals surface area contributed by atoms with Crippen LogP contribution in [0.4, 0.5) is 0 Å². The van der Waals surface area contributed by atoms with Crippen LogP contribution in [-0.2, 0) is 13.0 Å². The van der Waals surface area contributed by atoms with Crippen molar-refractivity contribution >= 4 is 5.97 Å². The number of carbonyl (C=O) groups is 1. The molecule has 1 heterocycles. The Labute approximate surface area is 181 Å². The van der Waals surface area contributed by atoms with Crippen LogP contribution in [0, 0.1) is 11.8 Å². The number of hydrogen-bond acceptors (Lipinski definition) is 3. The minimum atomic E-state index is -0.933. The van der Waals surface area contributed by atoms with Gasteiger partial charge in [-0.2, -0.15) is 5.10 Å². The van der Waals surface area contributed by atoms with E-state index in [1.807, 2.05) is 78.3 Å². The highest BCUT2D eigenvalue weighted by molar-refractivity contribution is 5.95. The molecule has 5 heteroatoms. The molecule has 0 radical (unpaired) electrons. The van der Waals surface area contributed by atoms with Crippen molar-refractivity contribution in [3.63, 3.8) is 0 Å². The second kappa shape index (κ2) is 9.10. The van der Waals surface area contributed by atoms with Gasteiger partial charge >= 0.3 is 5.97 Å². The number of aromatic nitrogens is 3. The largest absolute Gasteiger partial charge is 0.478 e. The van der Waals surface area contributed by atoms with Crippen LogP contribution in [0.3, 0.4) is 0 Å². The summed E-state index contributed by atoms with van der Waals surface area (Å²) in [7, 11) is 0. The molecule has 0 aliphatic carbocycles. The molecule has 0 amide bonds. The normalized spacial score (nSPS) is 10.4. The summed E-state index contributed by atoms with van der Waals surface area (Å²) in [6.07, 6.45) is 0.528. The fourth-order valence-corrected chi connectivity index (χ4v) is 3.39. The van der Waals surface area contributed by atoms with Gasteiger partial charge < -0.3 is 5.11 Å². The monoisotopic (exact) mass is 407 g/mol. The van der Waals surface area contributed by atoms with Gasteiger partial charge in [0.05, 0.1) is 18.5 Å². The number of rotatable bonds is 6. The standard InChI is InChI=1S/C26H21N3O2/c1-2-3-13-24-27-25(21-9-5-4-6-10-21)28-29(24)18-19-14-16-20(17-15-19)22-11-7-8-12-23(22)26(30)31/h4-12,14-17H,13,18H2,1H3,(H,30,31). The second-order valence-electron chi connectivity index (χ2n) is 7.03. The van der Waals surface area contributed by atoms with E-state index in [4.69, 9.17) is 10.1 Å². The average Bonchev–Trinajstić information content (AvgIpc) is 3.21. The van der Waals surface area contributed by atoms with Gasteiger partial charge in [-0.25, -0.2) is 14.5 Å². The molecule has 0 spiro atoms. The lowest BCUT2D eigenvalue weighted by atomic mass is 9.99. The molecule has 4 rings (SSSR count). The number of benzene rings is 3. The van der Waals surface area contributed by atoms with E-state index < -0.39 is 5.97 Å². The van der Waals surface area contributed by atoms with Crippen molar-refractivity contribution in [1.82, 2.24) is 14.8 Å². The Morgan fingerprint density at radius 2 is 1.65 bits per heavy atom. The molecule has 0 aliphatic rings. The molecular formula is C26H21N3O2. The van der Waals surface area contributed by atoms with E-state index in [1.54, 1.807) is 12.1 Å². The molecule has 0 atom stereocenters. The van der Waals surface area contributed by atoms with Crippen molar-refractivity contribution in [3.05, 3.63) is 95.8 Å². The molecule has 0 saturated heterocycles. The Kier molecular flexibility index (Phi) is 5.91. The summed E-state index contributed by atoms with van der Waals surface area (Å²) in [5.41, 5.74) is 3.87. The molecule has 0 saturated carbocycles. The number of aromatic carboxylic acids is 1. The predicted octanol–water partition coefficient (Wildman–Crippen LogP) is 4.92. The van der Waals surface area contributed by atoms with E-state index in [0.717, 1.165) is 22.5 Å². The van der Waals surface area contributed by atoms with Crippen molar-refractivity contribution in [2.75, 3.05) is 0 Å². The molecular weight excluding hydrogens is 386 g/mol. The average molecular weight is 407 g/mol. The fraction of sp³-hybridized carbons (Fsp3) is 0.115. The SMILES string of the molecule is CC#CCc1nc(-c2ccccc2)nn1Cc1ccc(-c2ccccc2C(=O)O)cc1. The molecule has 4 aromatic rings. The lowest BCUT2D eigenvalue weighted by Crippen LogP contribution is -2.06. The van der Waals surface area contributed by atoms with Gasteiger partial charge in [0.15, 0.2) is 5.82 Å². The summed E-state index contributed by atoms with van der Waals surface area (Å²) >= 11 is 0. The first kappa shape index (κ1) is 20.1.